The average Bonchev–Trinajstić information content (AvgIpc) is 3.45. The van der Waals surface area contributed by atoms with Crippen LogP contribution in [0.15, 0.2) is 60.7 Å². The standard InChI is InChI=1S/C32H48O7Si2/c1-10-35-29(34)32-21-25(33)27(37-32)28(38-32)26(22-36-40(8,9)30(2,3)4)39-41(31(5,6)7,23-17-13-11-14-18-23)24-19-15-12-16-20-24/h11-20,25-28,33H,10,21-22H2,1-9H3/t25-,26+,27+,28+,32+/m0/s1. The van der Waals surface area contributed by atoms with Crippen LogP contribution in [0.2, 0.25) is 23.2 Å². The van der Waals surface area contributed by atoms with Crippen molar-refractivity contribution in [1.29, 1.82) is 0 Å². The van der Waals surface area contributed by atoms with Crippen LogP contribution < -0.4 is 10.4 Å². The van der Waals surface area contributed by atoms with Crippen molar-refractivity contribution in [2.24, 2.45) is 0 Å². The van der Waals surface area contributed by atoms with E-state index in [1.54, 1.807) is 6.92 Å². The predicted octanol–water partition coefficient (Wildman–Crippen LogP) is 4.76. The van der Waals surface area contributed by atoms with Crippen LogP contribution in [0, 0.1) is 0 Å². The minimum absolute atomic E-state index is 0.0212. The van der Waals surface area contributed by atoms with Crippen LogP contribution in [0.5, 0.6) is 0 Å². The number of hydrogen-bond acceptors (Lipinski definition) is 7. The van der Waals surface area contributed by atoms with Gasteiger partial charge in [0, 0.05) is 6.42 Å². The Morgan fingerprint density at radius 1 is 0.951 bits per heavy atom. The minimum Gasteiger partial charge on any atom is -0.462 e. The first-order valence-corrected chi connectivity index (χ1v) is 19.5. The molecule has 7 nitrogen and oxygen atoms in total. The Balaban J connectivity index is 1.84. The number of carbonyl (C=O) groups is 1. The van der Waals surface area contributed by atoms with Gasteiger partial charge < -0.3 is 28.2 Å². The van der Waals surface area contributed by atoms with E-state index < -0.39 is 52.8 Å². The van der Waals surface area contributed by atoms with Gasteiger partial charge in [-0.25, -0.2) is 4.79 Å². The fraction of sp³-hybridized carbons (Fsp3) is 0.594. The maximum Gasteiger partial charge on any atom is 0.366 e. The minimum atomic E-state index is -3.04. The number of hydrogen-bond donors (Lipinski definition) is 1. The van der Waals surface area contributed by atoms with E-state index in [9.17, 15) is 9.90 Å². The molecular formula is C32H48O7Si2. The summed E-state index contributed by atoms with van der Waals surface area (Å²) in [4.78, 5) is 13.0. The largest absolute Gasteiger partial charge is 0.462 e. The van der Waals surface area contributed by atoms with Crippen molar-refractivity contribution in [2.75, 3.05) is 13.2 Å². The monoisotopic (exact) mass is 600 g/mol. The van der Waals surface area contributed by atoms with Gasteiger partial charge >= 0.3 is 5.97 Å². The summed E-state index contributed by atoms with van der Waals surface area (Å²) in [6.07, 6.45) is -2.95. The molecule has 2 bridgehead atoms. The normalized spacial score (nSPS) is 25.8. The average molecular weight is 601 g/mol. The number of rotatable bonds is 10. The highest BCUT2D eigenvalue weighted by molar-refractivity contribution is 6.99. The van der Waals surface area contributed by atoms with Gasteiger partial charge in [0.25, 0.3) is 14.1 Å². The highest BCUT2D eigenvalue weighted by Crippen LogP contribution is 2.47. The molecule has 2 aliphatic heterocycles. The molecule has 5 atom stereocenters. The number of aliphatic hydroxyl groups is 1. The van der Waals surface area contributed by atoms with Gasteiger partial charge in [0.05, 0.1) is 25.4 Å². The molecule has 0 radical (unpaired) electrons. The summed E-state index contributed by atoms with van der Waals surface area (Å²) in [5.74, 6) is -2.26. The molecule has 0 unspecified atom stereocenters. The number of ether oxygens (including phenoxy) is 3. The molecule has 226 valence electrons. The second-order valence-corrected chi connectivity index (χ2v) is 22.9. The lowest BCUT2D eigenvalue weighted by Gasteiger charge is -2.47. The molecule has 2 aliphatic rings. The van der Waals surface area contributed by atoms with Gasteiger partial charge in [-0.15, -0.1) is 0 Å². The van der Waals surface area contributed by atoms with Crippen molar-refractivity contribution in [2.45, 2.75) is 108 Å². The first kappa shape index (κ1) is 32.1. The van der Waals surface area contributed by atoms with Crippen molar-refractivity contribution in [3.05, 3.63) is 60.7 Å². The molecule has 2 fully saturated rings. The smallest absolute Gasteiger partial charge is 0.366 e. The van der Waals surface area contributed by atoms with Crippen LogP contribution in [0.25, 0.3) is 0 Å². The highest BCUT2D eigenvalue weighted by Gasteiger charge is 2.66. The molecule has 0 aliphatic carbocycles. The molecule has 0 aromatic heterocycles. The van der Waals surface area contributed by atoms with E-state index in [0.717, 1.165) is 10.4 Å². The zero-order valence-electron chi connectivity index (χ0n) is 26.1. The Morgan fingerprint density at radius 3 is 1.95 bits per heavy atom. The molecule has 0 amide bonds. The van der Waals surface area contributed by atoms with E-state index in [0.29, 0.717) is 0 Å². The SMILES string of the molecule is CCOC(=O)[C@]12C[C@H](O)[C@@H](O1)[C@@H]([C@@H](CO[Si](C)(C)C(C)(C)C)O[Si](c1ccccc1)(c1ccccc1)C(C)(C)C)O2. The highest BCUT2D eigenvalue weighted by atomic mass is 28.4. The van der Waals surface area contributed by atoms with Gasteiger partial charge in [-0.2, -0.15) is 0 Å². The fourth-order valence-electron chi connectivity index (χ4n) is 5.72. The molecular weight excluding hydrogens is 553 g/mol. The van der Waals surface area contributed by atoms with Crippen LogP contribution in [-0.2, 0) is 27.9 Å². The summed E-state index contributed by atoms with van der Waals surface area (Å²) in [7, 11) is -5.24. The quantitative estimate of drug-likeness (QED) is 0.311. The van der Waals surface area contributed by atoms with Gasteiger partial charge in [0.15, 0.2) is 8.32 Å². The molecule has 0 saturated carbocycles. The summed E-state index contributed by atoms with van der Waals surface area (Å²) < 4.78 is 32.2. The third kappa shape index (κ3) is 6.00. The van der Waals surface area contributed by atoms with Crippen LogP contribution in [0.3, 0.4) is 0 Å². The number of carbonyl (C=O) groups excluding carboxylic acids is 1. The maximum atomic E-state index is 13.0. The Hall–Kier alpha value is -1.86. The zero-order chi connectivity index (χ0) is 30.3. The van der Waals surface area contributed by atoms with Crippen LogP contribution >= 0.6 is 0 Å². The molecule has 2 aromatic carbocycles. The number of benzene rings is 2. The Bertz CT molecular complexity index is 1140. The summed E-state index contributed by atoms with van der Waals surface area (Å²) in [6, 6.07) is 20.8. The van der Waals surface area contributed by atoms with Gasteiger partial charge in [-0.1, -0.05) is 102 Å². The van der Waals surface area contributed by atoms with Gasteiger partial charge in [-0.3, -0.25) is 0 Å². The van der Waals surface area contributed by atoms with Crippen molar-refractivity contribution in [3.8, 4) is 0 Å². The lowest BCUT2D eigenvalue weighted by Crippen LogP contribution is -2.69. The Morgan fingerprint density at radius 2 is 1.49 bits per heavy atom. The molecule has 4 rings (SSSR count). The third-order valence-corrected chi connectivity index (χ3v) is 18.5. The molecule has 0 spiro atoms. The molecule has 2 heterocycles. The fourth-order valence-corrected chi connectivity index (χ4v) is 11.4. The predicted molar refractivity (Wildman–Crippen MR) is 165 cm³/mol. The second-order valence-electron chi connectivity index (χ2n) is 13.8. The lowest BCUT2D eigenvalue weighted by molar-refractivity contribution is -0.213. The molecule has 2 aromatic rings. The van der Waals surface area contributed by atoms with Crippen molar-refractivity contribution >= 4 is 33.0 Å². The second kappa shape index (κ2) is 11.7. The van der Waals surface area contributed by atoms with Crippen LogP contribution in [0.4, 0.5) is 0 Å². The van der Waals surface area contributed by atoms with E-state index in [4.69, 9.17) is 23.1 Å². The molecule has 9 heteroatoms. The number of fused-ring (bicyclic) bond motifs is 2. The number of esters is 1. The van der Waals surface area contributed by atoms with E-state index >= 15 is 0 Å². The Kier molecular flexibility index (Phi) is 9.13. The van der Waals surface area contributed by atoms with Gasteiger partial charge in [-0.05, 0) is 40.5 Å². The Labute approximate surface area is 247 Å². The maximum absolute atomic E-state index is 13.0. The van der Waals surface area contributed by atoms with Crippen LogP contribution in [-0.4, -0.2) is 71.1 Å². The third-order valence-electron chi connectivity index (χ3n) is 8.95. The lowest BCUT2D eigenvalue weighted by atomic mass is 9.98. The first-order valence-electron chi connectivity index (χ1n) is 14.7. The summed E-state index contributed by atoms with van der Waals surface area (Å²) in [5, 5.41) is 13.0. The summed E-state index contributed by atoms with van der Waals surface area (Å²) in [5.41, 5.74) is 0. The van der Waals surface area contributed by atoms with Gasteiger partial charge in [0.2, 0.25) is 0 Å². The molecule has 2 saturated heterocycles. The van der Waals surface area contributed by atoms with Crippen molar-refractivity contribution < 1.29 is 33.0 Å². The molecule has 41 heavy (non-hydrogen) atoms. The molecule has 1 N–H and O–H groups in total. The van der Waals surface area contributed by atoms with Gasteiger partial charge in [0.1, 0.15) is 12.2 Å². The first-order chi connectivity index (χ1) is 19.1. The van der Waals surface area contributed by atoms with E-state index in [1.807, 2.05) is 36.4 Å². The van der Waals surface area contributed by atoms with E-state index in [-0.39, 0.29) is 29.7 Å². The van der Waals surface area contributed by atoms with Crippen molar-refractivity contribution in [1.82, 2.24) is 0 Å². The van der Waals surface area contributed by atoms with Crippen LogP contribution in [0.1, 0.15) is 54.9 Å². The van der Waals surface area contributed by atoms with E-state index in [2.05, 4.69) is 78.9 Å². The number of aliphatic hydroxyl groups excluding tert-OH is 1. The summed E-state index contributed by atoms with van der Waals surface area (Å²) >= 11 is 0. The topological polar surface area (TPSA) is 83.5 Å². The van der Waals surface area contributed by atoms with E-state index in [1.165, 1.54) is 0 Å². The van der Waals surface area contributed by atoms with Crippen molar-refractivity contribution in [3.63, 3.8) is 0 Å². The summed E-state index contributed by atoms with van der Waals surface area (Å²) in [6.45, 7) is 19.9. The zero-order valence-corrected chi connectivity index (χ0v) is 28.1.